The van der Waals surface area contributed by atoms with Crippen LogP contribution in [0, 0.1) is 0 Å². The number of benzene rings is 1. The van der Waals surface area contributed by atoms with Crippen LogP contribution >= 0.6 is 0 Å². The summed E-state index contributed by atoms with van der Waals surface area (Å²) >= 11 is 0. The number of rotatable bonds is 5. The fraction of sp³-hybridized carbons (Fsp3) is 0.111. The Morgan fingerprint density at radius 2 is 1.72 bits per heavy atom. The van der Waals surface area contributed by atoms with Crippen molar-refractivity contribution in [3.63, 3.8) is 0 Å². The van der Waals surface area contributed by atoms with Crippen LogP contribution in [0.4, 0.5) is 10.5 Å². The summed E-state index contributed by atoms with van der Waals surface area (Å²) in [6.07, 6.45) is 4.92. The van der Waals surface area contributed by atoms with Gasteiger partial charge in [-0.15, -0.1) is 0 Å². The second-order valence-corrected chi connectivity index (χ2v) is 5.27. The molecule has 25 heavy (non-hydrogen) atoms. The second-order valence-electron chi connectivity index (χ2n) is 5.27. The topological polar surface area (TPSA) is 80.2 Å². The summed E-state index contributed by atoms with van der Waals surface area (Å²) in [4.78, 5) is 26.0. The second kappa shape index (κ2) is 7.87. The van der Waals surface area contributed by atoms with E-state index in [1.807, 2.05) is 18.2 Å². The van der Waals surface area contributed by atoms with Gasteiger partial charge >= 0.3 is 12.0 Å². The van der Waals surface area contributed by atoms with E-state index < -0.39 is 0 Å². The fourth-order valence-electron chi connectivity index (χ4n) is 2.08. The Hall–Kier alpha value is -3.48. The van der Waals surface area contributed by atoms with Crippen LogP contribution in [-0.4, -0.2) is 32.9 Å². The van der Waals surface area contributed by atoms with Crippen LogP contribution in [0.2, 0.25) is 0 Å². The van der Waals surface area contributed by atoms with Gasteiger partial charge in [0.25, 0.3) is 0 Å². The Morgan fingerprint density at radius 3 is 2.40 bits per heavy atom. The number of aromatic nitrogens is 3. The molecule has 2 aromatic heterocycles. The first-order chi connectivity index (χ1) is 12.2. The Balaban J connectivity index is 1.56. The average Bonchev–Trinajstić information content (AvgIpc) is 2.65. The van der Waals surface area contributed by atoms with Gasteiger partial charge in [-0.25, -0.2) is 14.8 Å². The van der Waals surface area contributed by atoms with Gasteiger partial charge in [0.15, 0.2) is 0 Å². The van der Waals surface area contributed by atoms with Gasteiger partial charge in [-0.2, -0.15) is 0 Å². The number of hydrogen-bond acceptors (Lipinski definition) is 5. The van der Waals surface area contributed by atoms with Crippen LogP contribution < -0.4 is 10.1 Å². The highest BCUT2D eigenvalue weighted by Crippen LogP contribution is 2.20. The summed E-state index contributed by atoms with van der Waals surface area (Å²) in [6, 6.07) is 14.4. The van der Waals surface area contributed by atoms with Crippen LogP contribution in [0.25, 0.3) is 0 Å². The third-order valence-electron chi connectivity index (χ3n) is 3.33. The highest BCUT2D eigenvalue weighted by molar-refractivity contribution is 5.89. The van der Waals surface area contributed by atoms with E-state index in [1.54, 1.807) is 60.9 Å². The number of amides is 2. The zero-order chi connectivity index (χ0) is 17.5. The number of nitrogens with one attached hydrogen (secondary N) is 1. The molecular weight excluding hydrogens is 318 g/mol. The molecule has 0 atom stereocenters. The van der Waals surface area contributed by atoms with Crippen LogP contribution in [0.5, 0.6) is 11.8 Å². The third-order valence-corrected chi connectivity index (χ3v) is 3.33. The predicted molar refractivity (Wildman–Crippen MR) is 93.3 cm³/mol. The van der Waals surface area contributed by atoms with Crippen molar-refractivity contribution in [1.29, 1.82) is 0 Å². The van der Waals surface area contributed by atoms with Crippen molar-refractivity contribution < 1.29 is 9.53 Å². The van der Waals surface area contributed by atoms with Crippen molar-refractivity contribution in [3.05, 3.63) is 72.8 Å². The lowest BCUT2D eigenvalue weighted by Gasteiger charge is -2.17. The van der Waals surface area contributed by atoms with E-state index in [2.05, 4.69) is 20.3 Å². The normalized spacial score (nSPS) is 10.1. The Bertz CT molecular complexity index is 810. The maximum absolute atomic E-state index is 12.2. The van der Waals surface area contributed by atoms with Crippen LogP contribution in [-0.2, 0) is 6.54 Å². The van der Waals surface area contributed by atoms with E-state index in [0.29, 0.717) is 18.0 Å². The Morgan fingerprint density at radius 1 is 1.00 bits per heavy atom. The Labute approximate surface area is 145 Å². The maximum Gasteiger partial charge on any atom is 0.321 e. The third kappa shape index (κ3) is 4.74. The lowest BCUT2D eigenvalue weighted by Crippen LogP contribution is -2.31. The molecule has 0 aliphatic carbocycles. The first-order valence-corrected chi connectivity index (χ1v) is 7.68. The van der Waals surface area contributed by atoms with Crippen LogP contribution in [0.3, 0.4) is 0 Å². The van der Waals surface area contributed by atoms with Gasteiger partial charge in [-0.05, 0) is 42.5 Å². The molecule has 1 N–H and O–H groups in total. The molecule has 3 rings (SSSR count). The largest absolute Gasteiger partial charge is 0.424 e. The highest BCUT2D eigenvalue weighted by Gasteiger charge is 2.10. The molecule has 0 aliphatic rings. The first kappa shape index (κ1) is 16.4. The van der Waals surface area contributed by atoms with Gasteiger partial charge in [-0.3, -0.25) is 4.98 Å². The Kier molecular flexibility index (Phi) is 5.16. The van der Waals surface area contributed by atoms with Crippen molar-refractivity contribution in [2.24, 2.45) is 0 Å². The van der Waals surface area contributed by atoms with Gasteiger partial charge in [0.2, 0.25) is 0 Å². The molecule has 0 radical (unpaired) electrons. The number of carbonyl (C=O) groups excluding carboxylic acids is 1. The number of ether oxygens (including phenoxy) is 1. The van der Waals surface area contributed by atoms with E-state index >= 15 is 0 Å². The summed E-state index contributed by atoms with van der Waals surface area (Å²) < 4.78 is 5.51. The quantitative estimate of drug-likeness (QED) is 0.773. The molecule has 7 nitrogen and oxygen atoms in total. The molecule has 2 amide bonds. The molecule has 0 saturated carbocycles. The number of carbonyl (C=O) groups is 1. The lowest BCUT2D eigenvalue weighted by atomic mass is 10.3. The molecule has 0 bridgehead atoms. The number of hydrogen-bond donors (Lipinski definition) is 1. The summed E-state index contributed by atoms with van der Waals surface area (Å²) in [5.41, 5.74) is 1.49. The minimum Gasteiger partial charge on any atom is -0.424 e. The molecule has 2 heterocycles. The number of pyridine rings is 1. The molecule has 0 aliphatic heterocycles. The molecule has 0 saturated heterocycles. The number of nitrogens with zero attached hydrogens (tertiary/aromatic N) is 4. The molecule has 3 aromatic rings. The lowest BCUT2D eigenvalue weighted by molar-refractivity contribution is 0.220. The SMILES string of the molecule is CN(Cc1ccccn1)C(=O)Nc1ccc(Oc2ncccn2)cc1. The fourth-order valence-corrected chi connectivity index (χ4v) is 2.08. The smallest absolute Gasteiger partial charge is 0.321 e. The van der Waals surface area contributed by atoms with Crippen LogP contribution in [0.15, 0.2) is 67.1 Å². The molecule has 0 unspecified atom stereocenters. The van der Waals surface area contributed by atoms with Crippen LogP contribution in [0.1, 0.15) is 5.69 Å². The van der Waals surface area contributed by atoms with Crippen molar-refractivity contribution in [2.45, 2.75) is 6.54 Å². The van der Waals surface area contributed by atoms with E-state index in [9.17, 15) is 4.79 Å². The van der Waals surface area contributed by atoms with Gasteiger partial charge in [0, 0.05) is 31.3 Å². The monoisotopic (exact) mass is 335 g/mol. The summed E-state index contributed by atoms with van der Waals surface area (Å²) in [6.45, 7) is 0.430. The molecular formula is C18H17N5O2. The standard InChI is InChI=1S/C18H17N5O2/c1-23(13-15-5-2-3-10-19-15)18(24)22-14-6-8-16(9-7-14)25-17-20-11-4-12-21-17/h2-12H,13H2,1H3,(H,22,24). The van der Waals surface area contributed by atoms with Crippen molar-refractivity contribution in [2.75, 3.05) is 12.4 Å². The minimum atomic E-state index is -0.217. The molecule has 126 valence electrons. The van der Waals surface area contributed by atoms with E-state index in [1.165, 1.54) is 0 Å². The van der Waals surface area contributed by atoms with Gasteiger partial charge < -0.3 is 15.0 Å². The van der Waals surface area contributed by atoms with Gasteiger partial charge in [0.1, 0.15) is 5.75 Å². The molecule has 0 fully saturated rings. The van der Waals surface area contributed by atoms with Crippen molar-refractivity contribution in [3.8, 4) is 11.8 Å². The zero-order valence-corrected chi connectivity index (χ0v) is 13.7. The highest BCUT2D eigenvalue weighted by atomic mass is 16.5. The van der Waals surface area contributed by atoms with Crippen molar-refractivity contribution >= 4 is 11.7 Å². The number of anilines is 1. The molecule has 0 spiro atoms. The predicted octanol–water partition coefficient (Wildman–Crippen LogP) is 3.33. The molecule has 1 aromatic carbocycles. The van der Waals surface area contributed by atoms with Gasteiger partial charge in [0.05, 0.1) is 12.2 Å². The van der Waals surface area contributed by atoms with E-state index in [4.69, 9.17) is 4.74 Å². The van der Waals surface area contributed by atoms with E-state index in [-0.39, 0.29) is 12.0 Å². The summed E-state index contributed by atoms with van der Waals surface area (Å²) in [5, 5.41) is 2.83. The summed E-state index contributed by atoms with van der Waals surface area (Å²) in [5.74, 6) is 0.589. The van der Waals surface area contributed by atoms with E-state index in [0.717, 1.165) is 5.69 Å². The first-order valence-electron chi connectivity index (χ1n) is 7.68. The van der Waals surface area contributed by atoms with Gasteiger partial charge in [-0.1, -0.05) is 6.07 Å². The van der Waals surface area contributed by atoms with Crippen molar-refractivity contribution in [1.82, 2.24) is 19.9 Å². The zero-order valence-electron chi connectivity index (χ0n) is 13.7. The number of urea groups is 1. The summed E-state index contributed by atoms with van der Waals surface area (Å²) in [7, 11) is 1.72. The molecule has 7 heteroatoms. The minimum absolute atomic E-state index is 0.217. The maximum atomic E-state index is 12.2. The average molecular weight is 335 g/mol.